The number of hydrogen-bond donors (Lipinski definition) is 2. The van der Waals surface area contributed by atoms with Crippen LogP contribution in [-0.4, -0.2) is 29.1 Å². The number of nitrogens with one attached hydrogen (secondary N) is 2. The van der Waals surface area contributed by atoms with Gasteiger partial charge in [0.1, 0.15) is 5.82 Å². The molecule has 1 aromatic heterocycles. The minimum Gasteiger partial charge on any atom is -0.356 e. The lowest BCUT2D eigenvalue weighted by atomic mass is 9.96. The quantitative estimate of drug-likeness (QED) is 0.479. The molecule has 4 rings (SSSR count). The van der Waals surface area contributed by atoms with Crippen LogP contribution in [0.15, 0.2) is 72.2 Å². The van der Waals surface area contributed by atoms with E-state index >= 15 is 0 Å². The summed E-state index contributed by atoms with van der Waals surface area (Å²) in [6, 6.07) is 15.4. The van der Waals surface area contributed by atoms with E-state index in [1.165, 1.54) is 17.2 Å². The summed E-state index contributed by atoms with van der Waals surface area (Å²) in [5.41, 5.74) is 3.50. The zero-order chi connectivity index (χ0) is 20.1. The van der Waals surface area contributed by atoms with Gasteiger partial charge in [0, 0.05) is 44.5 Å². The summed E-state index contributed by atoms with van der Waals surface area (Å²) in [5.74, 6) is 0.583. The minimum atomic E-state index is -0.174. The molecule has 0 aliphatic heterocycles. The van der Waals surface area contributed by atoms with E-state index in [0.717, 1.165) is 37.5 Å². The standard InChI is InChI=1S/C23H26FN5/c1-25-22(28-16-23(8-9-23)20-6-3-7-21(24)13-20)27-14-18-4-2-5-19(12-18)15-29-11-10-26-17-29/h2-7,10-13,17H,8-9,14-16H2,1H3,(H2,25,27,28). The molecule has 2 N–H and O–H groups in total. The molecule has 1 aliphatic rings. The first kappa shape index (κ1) is 19.2. The number of hydrogen-bond acceptors (Lipinski definition) is 2. The molecule has 150 valence electrons. The highest BCUT2D eigenvalue weighted by molar-refractivity contribution is 5.79. The second kappa shape index (κ2) is 8.47. The number of rotatable bonds is 7. The number of aromatic nitrogens is 2. The van der Waals surface area contributed by atoms with Crippen LogP contribution in [0.3, 0.4) is 0 Å². The second-order valence-electron chi connectivity index (χ2n) is 7.62. The van der Waals surface area contributed by atoms with Crippen molar-refractivity contribution >= 4 is 5.96 Å². The van der Waals surface area contributed by atoms with Crippen LogP contribution in [0.25, 0.3) is 0 Å². The van der Waals surface area contributed by atoms with Gasteiger partial charge in [-0.2, -0.15) is 0 Å². The van der Waals surface area contributed by atoms with E-state index in [1.54, 1.807) is 25.4 Å². The topological polar surface area (TPSA) is 54.2 Å². The lowest BCUT2D eigenvalue weighted by Gasteiger charge is -2.19. The van der Waals surface area contributed by atoms with E-state index in [2.05, 4.69) is 49.4 Å². The van der Waals surface area contributed by atoms with Crippen molar-refractivity contribution < 1.29 is 4.39 Å². The fraction of sp³-hybridized carbons (Fsp3) is 0.304. The fourth-order valence-corrected chi connectivity index (χ4v) is 3.63. The number of benzene rings is 2. The Morgan fingerprint density at radius 3 is 2.69 bits per heavy atom. The molecule has 1 aliphatic carbocycles. The summed E-state index contributed by atoms with van der Waals surface area (Å²) in [5, 5.41) is 6.80. The van der Waals surface area contributed by atoms with E-state index in [9.17, 15) is 4.39 Å². The summed E-state index contributed by atoms with van der Waals surface area (Å²) < 4.78 is 15.6. The third kappa shape index (κ3) is 4.83. The van der Waals surface area contributed by atoms with Crippen LogP contribution in [0.2, 0.25) is 0 Å². The number of imidazole rings is 1. The molecule has 0 radical (unpaired) electrons. The van der Waals surface area contributed by atoms with Gasteiger partial charge in [0.15, 0.2) is 5.96 Å². The molecule has 1 heterocycles. The first-order chi connectivity index (χ1) is 14.2. The average Bonchev–Trinajstić information content (AvgIpc) is 3.36. The van der Waals surface area contributed by atoms with Crippen LogP contribution in [0, 0.1) is 5.82 Å². The smallest absolute Gasteiger partial charge is 0.191 e. The second-order valence-corrected chi connectivity index (χ2v) is 7.62. The van der Waals surface area contributed by atoms with E-state index in [4.69, 9.17) is 0 Å². The number of aliphatic imine (C=N–C) groups is 1. The lowest BCUT2D eigenvalue weighted by Crippen LogP contribution is -2.40. The Kier molecular flexibility index (Phi) is 5.60. The molecule has 5 nitrogen and oxygen atoms in total. The highest BCUT2D eigenvalue weighted by Crippen LogP contribution is 2.47. The molecule has 0 amide bonds. The van der Waals surface area contributed by atoms with Crippen LogP contribution in [0.4, 0.5) is 4.39 Å². The molecule has 3 aromatic rings. The Labute approximate surface area is 170 Å². The van der Waals surface area contributed by atoms with Crippen molar-refractivity contribution in [2.75, 3.05) is 13.6 Å². The summed E-state index contributed by atoms with van der Waals surface area (Å²) in [6.45, 7) is 2.23. The first-order valence-electron chi connectivity index (χ1n) is 9.91. The summed E-state index contributed by atoms with van der Waals surface area (Å²) in [4.78, 5) is 8.43. The molecule has 1 fully saturated rings. The monoisotopic (exact) mass is 391 g/mol. The third-order valence-electron chi connectivity index (χ3n) is 5.48. The van der Waals surface area contributed by atoms with Crippen molar-refractivity contribution in [1.82, 2.24) is 20.2 Å². The summed E-state index contributed by atoms with van der Waals surface area (Å²) in [6.07, 6.45) is 7.71. The van der Waals surface area contributed by atoms with Crippen molar-refractivity contribution in [3.05, 3.63) is 89.8 Å². The molecule has 1 saturated carbocycles. The molecule has 0 bridgehead atoms. The number of nitrogens with zero attached hydrogens (tertiary/aromatic N) is 3. The van der Waals surface area contributed by atoms with Gasteiger partial charge < -0.3 is 15.2 Å². The van der Waals surface area contributed by atoms with Gasteiger partial charge in [0.25, 0.3) is 0 Å². The number of halogens is 1. The SMILES string of the molecule is CN=C(NCc1cccc(Cn2ccnc2)c1)NCC1(c2cccc(F)c2)CC1. The van der Waals surface area contributed by atoms with Crippen molar-refractivity contribution in [1.29, 1.82) is 0 Å². The van der Waals surface area contributed by atoms with Crippen LogP contribution in [0.5, 0.6) is 0 Å². The Bertz CT molecular complexity index is 976. The molecular weight excluding hydrogens is 365 g/mol. The normalized spacial score (nSPS) is 15.2. The predicted molar refractivity (Wildman–Crippen MR) is 113 cm³/mol. The Hall–Kier alpha value is -3.15. The molecule has 0 spiro atoms. The molecule has 0 unspecified atom stereocenters. The fourth-order valence-electron chi connectivity index (χ4n) is 3.63. The predicted octanol–water partition coefficient (Wildman–Crippen LogP) is 3.47. The molecule has 0 atom stereocenters. The van der Waals surface area contributed by atoms with E-state index < -0.39 is 0 Å². The third-order valence-corrected chi connectivity index (χ3v) is 5.48. The Morgan fingerprint density at radius 2 is 1.97 bits per heavy atom. The highest BCUT2D eigenvalue weighted by atomic mass is 19.1. The van der Waals surface area contributed by atoms with Gasteiger partial charge in [0.05, 0.1) is 6.33 Å². The highest BCUT2D eigenvalue weighted by Gasteiger charge is 2.44. The molecule has 2 aromatic carbocycles. The average molecular weight is 391 g/mol. The van der Waals surface area contributed by atoms with Gasteiger partial charge >= 0.3 is 0 Å². The van der Waals surface area contributed by atoms with Crippen molar-refractivity contribution in [2.45, 2.75) is 31.3 Å². The summed E-state index contributed by atoms with van der Waals surface area (Å²) in [7, 11) is 1.77. The largest absolute Gasteiger partial charge is 0.356 e. The van der Waals surface area contributed by atoms with Gasteiger partial charge in [-0.05, 0) is 41.7 Å². The summed E-state index contributed by atoms with van der Waals surface area (Å²) >= 11 is 0. The van der Waals surface area contributed by atoms with Crippen LogP contribution in [-0.2, 0) is 18.5 Å². The van der Waals surface area contributed by atoms with E-state index in [1.807, 2.05) is 18.6 Å². The molecule has 0 saturated heterocycles. The van der Waals surface area contributed by atoms with Gasteiger partial charge in [0.2, 0.25) is 0 Å². The van der Waals surface area contributed by atoms with Gasteiger partial charge in [-0.3, -0.25) is 4.99 Å². The Morgan fingerprint density at radius 1 is 1.14 bits per heavy atom. The molecule has 6 heteroatoms. The van der Waals surface area contributed by atoms with Crippen molar-refractivity contribution in [3.63, 3.8) is 0 Å². The van der Waals surface area contributed by atoms with Crippen molar-refractivity contribution in [3.8, 4) is 0 Å². The number of guanidine groups is 1. The molecule has 29 heavy (non-hydrogen) atoms. The maximum absolute atomic E-state index is 13.6. The maximum atomic E-state index is 13.6. The van der Waals surface area contributed by atoms with Crippen LogP contribution < -0.4 is 10.6 Å². The van der Waals surface area contributed by atoms with E-state index in [0.29, 0.717) is 6.54 Å². The zero-order valence-corrected chi connectivity index (χ0v) is 16.6. The van der Waals surface area contributed by atoms with Crippen LogP contribution in [0.1, 0.15) is 29.5 Å². The van der Waals surface area contributed by atoms with E-state index in [-0.39, 0.29) is 11.2 Å². The van der Waals surface area contributed by atoms with Gasteiger partial charge in [-0.25, -0.2) is 9.37 Å². The maximum Gasteiger partial charge on any atom is 0.191 e. The van der Waals surface area contributed by atoms with Gasteiger partial charge in [-0.15, -0.1) is 0 Å². The minimum absolute atomic E-state index is 0.0183. The lowest BCUT2D eigenvalue weighted by molar-refractivity contribution is 0.607. The zero-order valence-electron chi connectivity index (χ0n) is 16.6. The van der Waals surface area contributed by atoms with Crippen molar-refractivity contribution in [2.24, 2.45) is 4.99 Å². The Balaban J connectivity index is 1.32. The first-order valence-corrected chi connectivity index (χ1v) is 9.91. The van der Waals surface area contributed by atoms with Crippen LogP contribution >= 0.6 is 0 Å². The molecular formula is C23H26FN5. The van der Waals surface area contributed by atoms with Gasteiger partial charge in [-0.1, -0.05) is 36.4 Å².